The summed E-state index contributed by atoms with van der Waals surface area (Å²) in [7, 11) is 0. The zero-order valence-corrected chi connectivity index (χ0v) is 8.98. The Hall–Kier alpha value is -1.77. The Labute approximate surface area is 94.4 Å². The van der Waals surface area contributed by atoms with Gasteiger partial charge in [-0.25, -0.2) is 4.79 Å². The van der Waals surface area contributed by atoms with Gasteiger partial charge in [0.1, 0.15) is 5.75 Å². The first-order valence-electron chi connectivity index (χ1n) is 5.40. The Morgan fingerprint density at radius 1 is 1.31 bits per heavy atom. The number of hydrogen-bond acceptors (Lipinski definition) is 3. The molecule has 0 aliphatic carbocycles. The molecular formula is C13H14O3. The SMILES string of the molecule is O=C1OCCC=C1CCc1cccc(O)c1. The van der Waals surface area contributed by atoms with Crippen molar-refractivity contribution in [3.05, 3.63) is 41.5 Å². The summed E-state index contributed by atoms with van der Waals surface area (Å²) >= 11 is 0. The molecule has 0 spiro atoms. The molecule has 0 bridgehead atoms. The molecule has 1 N–H and O–H groups in total. The van der Waals surface area contributed by atoms with E-state index in [1.807, 2.05) is 12.1 Å². The zero-order valence-electron chi connectivity index (χ0n) is 8.98. The van der Waals surface area contributed by atoms with E-state index in [0.29, 0.717) is 13.0 Å². The average molecular weight is 218 g/mol. The van der Waals surface area contributed by atoms with E-state index in [0.717, 1.165) is 24.0 Å². The first-order valence-corrected chi connectivity index (χ1v) is 5.40. The molecule has 2 rings (SSSR count). The molecule has 3 nitrogen and oxygen atoms in total. The van der Waals surface area contributed by atoms with Crippen molar-refractivity contribution in [2.45, 2.75) is 19.3 Å². The fourth-order valence-corrected chi connectivity index (χ4v) is 1.76. The summed E-state index contributed by atoms with van der Waals surface area (Å²) in [6, 6.07) is 7.10. The second kappa shape index (κ2) is 4.84. The molecule has 0 saturated carbocycles. The van der Waals surface area contributed by atoms with Crippen LogP contribution in [0.3, 0.4) is 0 Å². The van der Waals surface area contributed by atoms with Crippen LogP contribution in [0.2, 0.25) is 0 Å². The molecule has 84 valence electrons. The van der Waals surface area contributed by atoms with E-state index in [9.17, 15) is 9.90 Å². The van der Waals surface area contributed by atoms with Crippen LogP contribution in [0.15, 0.2) is 35.9 Å². The van der Waals surface area contributed by atoms with E-state index in [4.69, 9.17) is 4.74 Å². The molecule has 1 heterocycles. The Bertz CT molecular complexity index is 421. The third kappa shape index (κ3) is 2.63. The van der Waals surface area contributed by atoms with Crippen LogP contribution in [-0.4, -0.2) is 17.7 Å². The second-order valence-corrected chi connectivity index (χ2v) is 3.82. The highest BCUT2D eigenvalue weighted by atomic mass is 16.5. The molecule has 1 aromatic rings. The molecule has 1 aromatic carbocycles. The Morgan fingerprint density at radius 2 is 2.19 bits per heavy atom. The average Bonchev–Trinajstić information content (AvgIpc) is 2.28. The van der Waals surface area contributed by atoms with Gasteiger partial charge >= 0.3 is 5.97 Å². The van der Waals surface area contributed by atoms with Gasteiger partial charge in [0.2, 0.25) is 0 Å². The van der Waals surface area contributed by atoms with Gasteiger partial charge in [-0.05, 0) is 30.5 Å². The lowest BCUT2D eigenvalue weighted by Gasteiger charge is -2.12. The molecular weight excluding hydrogens is 204 g/mol. The maximum atomic E-state index is 11.3. The van der Waals surface area contributed by atoms with Crippen LogP contribution >= 0.6 is 0 Å². The van der Waals surface area contributed by atoms with Crippen LogP contribution in [0.25, 0.3) is 0 Å². The van der Waals surface area contributed by atoms with Gasteiger partial charge in [0.25, 0.3) is 0 Å². The largest absolute Gasteiger partial charge is 0.508 e. The van der Waals surface area contributed by atoms with Crippen molar-refractivity contribution < 1.29 is 14.6 Å². The number of carbonyl (C=O) groups is 1. The van der Waals surface area contributed by atoms with Crippen LogP contribution in [0.5, 0.6) is 5.75 Å². The summed E-state index contributed by atoms with van der Waals surface area (Å²) in [5, 5.41) is 9.30. The standard InChI is InChI=1S/C13H14O3/c14-12-5-1-3-10(9-12)6-7-11-4-2-8-16-13(11)15/h1,3-5,9,14H,2,6-8H2. The Balaban J connectivity index is 1.97. The molecule has 0 atom stereocenters. The third-order valence-electron chi connectivity index (χ3n) is 2.60. The van der Waals surface area contributed by atoms with Crippen LogP contribution in [-0.2, 0) is 16.0 Å². The number of aromatic hydroxyl groups is 1. The highest BCUT2D eigenvalue weighted by Gasteiger charge is 2.14. The summed E-state index contributed by atoms with van der Waals surface area (Å²) in [6.45, 7) is 0.495. The van der Waals surface area contributed by atoms with E-state index >= 15 is 0 Å². The summed E-state index contributed by atoms with van der Waals surface area (Å²) in [5.74, 6) is 0.0594. The van der Waals surface area contributed by atoms with Gasteiger partial charge in [-0.2, -0.15) is 0 Å². The van der Waals surface area contributed by atoms with Crippen molar-refractivity contribution in [2.24, 2.45) is 0 Å². The number of hydrogen-bond donors (Lipinski definition) is 1. The number of rotatable bonds is 3. The normalized spacial score (nSPS) is 15.5. The van der Waals surface area contributed by atoms with Gasteiger partial charge in [0.15, 0.2) is 0 Å². The van der Waals surface area contributed by atoms with Crippen molar-refractivity contribution in [3.63, 3.8) is 0 Å². The minimum Gasteiger partial charge on any atom is -0.508 e. The van der Waals surface area contributed by atoms with Crippen LogP contribution in [0.1, 0.15) is 18.4 Å². The van der Waals surface area contributed by atoms with Crippen molar-refractivity contribution >= 4 is 5.97 Å². The lowest BCUT2D eigenvalue weighted by Crippen LogP contribution is -2.14. The van der Waals surface area contributed by atoms with Crippen LogP contribution in [0.4, 0.5) is 0 Å². The Morgan fingerprint density at radius 3 is 2.94 bits per heavy atom. The van der Waals surface area contributed by atoms with Gasteiger partial charge in [0.05, 0.1) is 6.61 Å². The van der Waals surface area contributed by atoms with E-state index in [2.05, 4.69) is 0 Å². The quantitative estimate of drug-likeness (QED) is 0.791. The minimum atomic E-state index is -0.202. The van der Waals surface area contributed by atoms with E-state index in [1.54, 1.807) is 18.2 Å². The number of phenolic OH excluding ortho intramolecular Hbond substituents is 1. The van der Waals surface area contributed by atoms with E-state index in [-0.39, 0.29) is 11.7 Å². The molecule has 0 amide bonds. The number of ether oxygens (including phenoxy) is 1. The molecule has 0 radical (unpaired) electrons. The predicted molar refractivity (Wildman–Crippen MR) is 60.1 cm³/mol. The minimum absolute atomic E-state index is 0.202. The highest BCUT2D eigenvalue weighted by molar-refractivity contribution is 5.89. The number of esters is 1. The van der Waals surface area contributed by atoms with Gasteiger partial charge in [-0.15, -0.1) is 0 Å². The fraction of sp³-hybridized carbons (Fsp3) is 0.308. The lowest BCUT2D eigenvalue weighted by atomic mass is 10.0. The summed E-state index contributed by atoms with van der Waals surface area (Å²) in [4.78, 5) is 11.3. The van der Waals surface area contributed by atoms with Gasteiger partial charge in [0, 0.05) is 12.0 Å². The topological polar surface area (TPSA) is 46.5 Å². The smallest absolute Gasteiger partial charge is 0.333 e. The molecule has 1 aliphatic rings. The van der Waals surface area contributed by atoms with Crippen LogP contribution in [0, 0.1) is 0 Å². The molecule has 0 aromatic heterocycles. The molecule has 0 fully saturated rings. The van der Waals surface area contributed by atoms with Gasteiger partial charge in [-0.1, -0.05) is 18.2 Å². The summed E-state index contributed by atoms with van der Waals surface area (Å²) in [6.07, 6.45) is 4.16. The number of carbonyl (C=O) groups excluding carboxylic acids is 1. The molecule has 1 aliphatic heterocycles. The molecule has 3 heteroatoms. The van der Waals surface area contributed by atoms with Crippen LogP contribution < -0.4 is 0 Å². The third-order valence-corrected chi connectivity index (χ3v) is 2.60. The Kier molecular flexibility index (Phi) is 3.25. The summed E-state index contributed by atoms with van der Waals surface area (Å²) < 4.78 is 4.95. The fourth-order valence-electron chi connectivity index (χ4n) is 1.76. The lowest BCUT2D eigenvalue weighted by molar-refractivity contribution is -0.140. The van der Waals surface area contributed by atoms with Crippen molar-refractivity contribution in [1.29, 1.82) is 0 Å². The van der Waals surface area contributed by atoms with E-state index in [1.165, 1.54) is 0 Å². The number of cyclic esters (lactones) is 1. The molecule has 0 unspecified atom stereocenters. The zero-order chi connectivity index (χ0) is 11.4. The first kappa shape index (κ1) is 10.7. The predicted octanol–water partition coefficient (Wildman–Crippen LogP) is 2.20. The summed E-state index contributed by atoms with van der Waals surface area (Å²) in [5.41, 5.74) is 1.77. The number of benzene rings is 1. The first-order chi connectivity index (χ1) is 7.75. The number of aryl methyl sites for hydroxylation is 1. The van der Waals surface area contributed by atoms with E-state index < -0.39 is 0 Å². The highest BCUT2D eigenvalue weighted by Crippen LogP contribution is 2.17. The van der Waals surface area contributed by atoms with Crippen molar-refractivity contribution in [3.8, 4) is 5.75 Å². The van der Waals surface area contributed by atoms with Gasteiger partial charge < -0.3 is 9.84 Å². The second-order valence-electron chi connectivity index (χ2n) is 3.82. The monoisotopic (exact) mass is 218 g/mol. The van der Waals surface area contributed by atoms with Crippen molar-refractivity contribution in [2.75, 3.05) is 6.61 Å². The maximum absolute atomic E-state index is 11.3. The molecule has 0 saturated heterocycles. The number of phenols is 1. The van der Waals surface area contributed by atoms with Gasteiger partial charge in [-0.3, -0.25) is 0 Å². The maximum Gasteiger partial charge on any atom is 0.333 e. The molecule has 16 heavy (non-hydrogen) atoms. The van der Waals surface area contributed by atoms with Crippen molar-refractivity contribution in [1.82, 2.24) is 0 Å².